The molecule has 0 radical (unpaired) electrons. The molecule has 158 valence electrons. The summed E-state index contributed by atoms with van der Waals surface area (Å²) in [5.74, 6) is 1.18. The van der Waals surface area contributed by atoms with Gasteiger partial charge < -0.3 is 14.2 Å². The summed E-state index contributed by atoms with van der Waals surface area (Å²) in [6.07, 6.45) is 3.74. The number of benzene rings is 3. The van der Waals surface area contributed by atoms with Gasteiger partial charge in [-0.05, 0) is 69.6 Å². The predicted octanol–water partition coefficient (Wildman–Crippen LogP) is 5.98. The van der Waals surface area contributed by atoms with Crippen molar-refractivity contribution in [2.24, 2.45) is 4.99 Å². The molecule has 0 atom stereocenters. The minimum absolute atomic E-state index is 0.250. The van der Waals surface area contributed by atoms with Crippen LogP contribution in [0.1, 0.15) is 30.9 Å². The molecule has 0 aliphatic carbocycles. The standard InChI is InChI=1S/C25H22INO4/c1-3-4-12-30-23-20(26)13-16(15-22(23)29-2)14-21-25(28)31-24(27-21)19-11-7-9-17-8-5-6-10-18(17)19/h5-11,13-15H,3-4,12H2,1-2H3/b21-14+. The van der Waals surface area contributed by atoms with Crippen molar-refractivity contribution < 1.29 is 19.0 Å². The Kier molecular flexibility index (Phi) is 6.56. The lowest BCUT2D eigenvalue weighted by atomic mass is 10.0. The average Bonchev–Trinajstić information content (AvgIpc) is 3.14. The Morgan fingerprint density at radius 1 is 1.13 bits per heavy atom. The summed E-state index contributed by atoms with van der Waals surface area (Å²) in [5.41, 5.74) is 1.83. The zero-order valence-electron chi connectivity index (χ0n) is 17.4. The van der Waals surface area contributed by atoms with E-state index < -0.39 is 5.97 Å². The molecule has 4 rings (SSSR count). The molecule has 0 fully saturated rings. The quantitative estimate of drug-likeness (QED) is 0.164. The average molecular weight is 527 g/mol. The topological polar surface area (TPSA) is 57.1 Å². The van der Waals surface area contributed by atoms with Crippen LogP contribution < -0.4 is 9.47 Å². The normalized spacial score (nSPS) is 14.6. The van der Waals surface area contributed by atoms with Gasteiger partial charge in [0.15, 0.2) is 17.2 Å². The highest BCUT2D eigenvalue weighted by molar-refractivity contribution is 14.1. The van der Waals surface area contributed by atoms with Crippen LogP contribution in [-0.4, -0.2) is 25.6 Å². The molecule has 3 aromatic carbocycles. The zero-order valence-corrected chi connectivity index (χ0v) is 19.5. The molecule has 31 heavy (non-hydrogen) atoms. The van der Waals surface area contributed by atoms with Gasteiger partial charge in [-0.3, -0.25) is 0 Å². The minimum Gasteiger partial charge on any atom is -0.493 e. The summed E-state index contributed by atoms with van der Waals surface area (Å²) in [4.78, 5) is 17.0. The van der Waals surface area contributed by atoms with Crippen LogP contribution >= 0.6 is 22.6 Å². The number of hydrogen-bond donors (Lipinski definition) is 0. The van der Waals surface area contributed by atoms with E-state index >= 15 is 0 Å². The molecule has 6 heteroatoms. The summed E-state index contributed by atoms with van der Waals surface area (Å²) in [6.45, 7) is 2.75. The highest BCUT2D eigenvalue weighted by Gasteiger charge is 2.25. The van der Waals surface area contributed by atoms with E-state index in [1.54, 1.807) is 13.2 Å². The van der Waals surface area contributed by atoms with Gasteiger partial charge in [-0.1, -0.05) is 49.7 Å². The third-order valence-electron chi connectivity index (χ3n) is 4.94. The first-order chi connectivity index (χ1) is 15.1. The third-order valence-corrected chi connectivity index (χ3v) is 5.74. The van der Waals surface area contributed by atoms with Crippen LogP contribution in [0.5, 0.6) is 11.5 Å². The van der Waals surface area contributed by atoms with Crippen LogP contribution in [0, 0.1) is 3.57 Å². The molecule has 0 amide bonds. The number of fused-ring (bicyclic) bond motifs is 1. The molecule has 0 bridgehead atoms. The van der Waals surface area contributed by atoms with Crippen LogP contribution in [0.2, 0.25) is 0 Å². The highest BCUT2D eigenvalue weighted by Crippen LogP contribution is 2.35. The van der Waals surface area contributed by atoms with Crippen LogP contribution in [-0.2, 0) is 9.53 Å². The van der Waals surface area contributed by atoms with Gasteiger partial charge in [0.2, 0.25) is 5.90 Å². The monoisotopic (exact) mass is 527 g/mol. The van der Waals surface area contributed by atoms with E-state index in [4.69, 9.17) is 14.2 Å². The number of unbranched alkanes of at least 4 members (excludes halogenated alkanes) is 1. The van der Waals surface area contributed by atoms with E-state index in [0.29, 0.717) is 24.0 Å². The maximum absolute atomic E-state index is 12.5. The fourth-order valence-electron chi connectivity index (χ4n) is 3.38. The first kappa shape index (κ1) is 21.4. The molecule has 1 heterocycles. The van der Waals surface area contributed by atoms with E-state index in [-0.39, 0.29) is 5.70 Å². The van der Waals surface area contributed by atoms with Gasteiger partial charge in [-0.2, -0.15) is 0 Å². The largest absolute Gasteiger partial charge is 0.493 e. The second kappa shape index (κ2) is 9.51. The smallest absolute Gasteiger partial charge is 0.363 e. The second-order valence-electron chi connectivity index (χ2n) is 7.10. The van der Waals surface area contributed by atoms with Crippen LogP contribution in [0.25, 0.3) is 16.8 Å². The number of halogens is 1. The number of nitrogens with zero attached hydrogens (tertiary/aromatic N) is 1. The van der Waals surface area contributed by atoms with Crippen LogP contribution in [0.3, 0.4) is 0 Å². The fourth-order valence-corrected chi connectivity index (χ4v) is 4.16. The molecular weight excluding hydrogens is 505 g/mol. The van der Waals surface area contributed by atoms with Gasteiger partial charge in [0.25, 0.3) is 0 Å². The van der Waals surface area contributed by atoms with Crippen molar-refractivity contribution >= 4 is 51.3 Å². The number of methoxy groups -OCH3 is 1. The molecule has 3 aromatic rings. The molecule has 0 aromatic heterocycles. The first-order valence-electron chi connectivity index (χ1n) is 10.1. The number of hydrogen-bond acceptors (Lipinski definition) is 5. The lowest BCUT2D eigenvalue weighted by Gasteiger charge is -2.13. The highest BCUT2D eigenvalue weighted by atomic mass is 127. The number of rotatable bonds is 7. The summed E-state index contributed by atoms with van der Waals surface area (Å²) >= 11 is 2.22. The Morgan fingerprint density at radius 3 is 2.74 bits per heavy atom. The number of esters is 1. The molecule has 0 unspecified atom stereocenters. The van der Waals surface area contributed by atoms with Crippen molar-refractivity contribution in [3.63, 3.8) is 0 Å². The lowest BCUT2D eigenvalue weighted by molar-refractivity contribution is -0.129. The first-order valence-corrected chi connectivity index (χ1v) is 11.2. The molecule has 0 N–H and O–H groups in total. The van der Waals surface area contributed by atoms with Crippen molar-refractivity contribution in [2.45, 2.75) is 19.8 Å². The summed E-state index contributed by atoms with van der Waals surface area (Å²) < 4.78 is 17.8. The van der Waals surface area contributed by atoms with Crippen molar-refractivity contribution in [3.05, 3.63) is 75.0 Å². The van der Waals surface area contributed by atoms with Crippen molar-refractivity contribution in [3.8, 4) is 11.5 Å². The maximum atomic E-state index is 12.5. The van der Waals surface area contributed by atoms with Gasteiger partial charge >= 0.3 is 5.97 Å². The van der Waals surface area contributed by atoms with Gasteiger partial charge in [-0.25, -0.2) is 9.79 Å². The van der Waals surface area contributed by atoms with E-state index in [0.717, 1.165) is 38.3 Å². The predicted molar refractivity (Wildman–Crippen MR) is 131 cm³/mol. The Morgan fingerprint density at radius 2 is 1.94 bits per heavy atom. The van der Waals surface area contributed by atoms with Crippen LogP contribution in [0.15, 0.2) is 65.3 Å². The van der Waals surface area contributed by atoms with Crippen LogP contribution in [0.4, 0.5) is 0 Å². The van der Waals surface area contributed by atoms with Crippen molar-refractivity contribution in [1.29, 1.82) is 0 Å². The Labute approximate surface area is 194 Å². The molecule has 0 saturated carbocycles. The van der Waals surface area contributed by atoms with E-state index in [2.05, 4.69) is 34.5 Å². The van der Waals surface area contributed by atoms with Gasteiger partial charge in [0.05, 0.1) is 17.3 Å². The number of carbonyl (C=O) groups is 1. The summed E-state index contributed by atoms with van der Waals surface area (Å²) in [7, 11) is 1.61. The number of cyclic esters (lactones) is 1. The number of carbonyl (C=O) groups excluding carboxylic acids is 1. The molecule has 1 aliphatic heterocycles. The Balaban J connectivity index is 1.68. The molecule has 0 saturated heterocycles. The van der Waals surface area contributed by atoms with Gasteiger partial charge in [0, 0.05) is 5.56 Å². The van der Waals surface area contributed by atoms with E-state index in [1.165, 1.54) is 0 Å². The van der Waals surface area contributed by atoms with Gasteiger partial charge in [-0.15, -0.1) is 0 Å². The third kappa shape index (κ3) is 4.58. The number of aliphatic imine (C=N–C) groups is 1. The lowest BCUT2D eigenvalue weighted by Crippen LogP contribution is -2.06. The zero-order chi connectivity index (χ0) is 21.8. The molecule has 5 nitrogen and oxygen atoms in total. The molecule has 1 aliphatic rings. The van der Waals surface area contributed by atoms with E-state index in [1.807, 2.05) is 54.6 Å². The second-order valence-corrected chi connectivity index (χ2v) is 8.26. The number of ether oxygens (including phenoxy) is 3. The van der Waals surface area contributed by atoms with Crippen molar-refractivity contribution in [2.75, 3.05) is 13.7 Å². The summed E-state index contributed by atoms with van der Waals surface area (Å²) in [5, 5.41) is 2.05. The fraction of sp³-hybridized carbons (Fsp3) is 0.200. The Bertz CT molecular complexity index is 1190. The van der Waals surface area contributed by atoms with E-state index in [9.17, 15) is 4.79 Å². The SMILES string of the molecule is CCCCOc1c(I)cc(/C=C2/N=C(c3cccc4ccccc34)OC2=O)cc1OC. The summed E-state index contributed by atoms with van der Waals surface area (Å²) in [6, 6.07) is 17.6. The molecular formula is C25H22INO4. The maximum Gasteiger partial charge on any atom is 0.363 e. The van der Waals surface area contributed by atoms with Crippen molar-refractivity contribution in [1.82, 2.24) is 0 Å². The Hall–Kier alpha value is -2.87. The molecule has 0 spiro atoms. The minimum atomic E-state index is -0.472. The van der Waals surface area contributed by atoms with Gasteiger partial charge in [0.1, 0.15) is 0 Å².